The van der Waals surface area contributed by atoms with Crippen molar-refractivity contribution in [3.8, 4) is 11.1 Å². The van der Waals surface area contributed by atoms with E-state index in [1.165, 1.54) is 19.5 Å². The summed E-state index contributed by atoms with van der Waals surface area (Å²) in [7, 11) is 0. The molecule has 3 aromatic carbocycles. The van der Waals surface area contributed by atoms with Crippen molar-refractivity contribution in [2.75, 3.05) is 0 Å². The Kier molecular flexibility index (Phi) is 7.12. The zero-order chi connectivity index (χ0) is 27.6. The van der Waals surface area contributed by atoms with Gasteiger partial charge in [0, 0.05) is 5.56 Å². The highest BCUT2D eigenvalue weighted by Crippen LogP contribution is 2.44. The number of cyclic esters (lactones) is 1. The number of nitrogens with zero attached hydrogens (tertiary/aromatic N) is 1. The summed E-state index contributed by atoms with van der Waals surface area (Å²) in [4.78, 5) is 28.5. The Bertz CT molecular complexity index is 1420. The van der Waals surface area contributed by atoms with Gasteiger partial charge in [0.05, 0.1) is 19.1 Å². The van der Waals surface area contributed by atoms with E-state index in [-0.39, 0.29) is 6.61 Å². The van der Waals surface area contributed by atoms with Gasteiger partial charge in [-0.2, -0.15) is 0 Å². The first-order chi connectivity index (χ1) is 18.7. The summed E-state index contributed by atoms with van der Waals surface area (Å²) >= 11 is 0. The summed E-state index contributed by atoms with van der Waals surface area (Å²) in [6.07, 6.45) is 0.557. The van der Waals surface area contributed by atoms with E-state index in [0.717, 1.165) is 27.2 Å². The largest absolute Gasteiger partial charge is 0.472 e. The quantitative estimate of drug-likeness (QED) is 0.284. The van der Waals surface area contributed by atoms with Crippen LogP contribution in [0.3, 0.4) is 0 Å². The van der Waals surface area contributed by atoms with Gasteiger partial charge in [-0.3, -0.25) is 4.79 Å². The monoisotopic (exact) mass is 525 g/mol. The molecule has 4 aromatic rings. The Hall–Kier alpha value is -4.20. The fourth-order valence-corrected chi connectivity index (χ4v) is 5.03. The van der Waals surface area contributed by atoms with Crippen LogP contribution in [0.15, 0.2) is 108 Å². The Labute approximate surface area is 227 Å². The summed E-state index contributed by atoms with van der Waals surface area (Å²) in [6, 6.07) is 27.8. The van der Waals surface area contributed by atoms with E-state index in [9.17, 15) is 14.7 Å². The fraction of sp³-hybridized carbons (Fsp3) is 0.250. The second-order valence-electron chi connectivity index (χ2n) is 10.4. The zero-order valence-electron chi connectivity index (χ0n) is 22.1. The highest BCUT2D eigenvalue weighted by atomic mass is 16.6. The first-order valence-corrected chi connectivity index (χ1v) is 12.8. The van der Waals surface area contributed by atoms with Crippen LogP contribution in [-0.2, 0) is 20.9 Å². The van der Waals surface area contributed by atoms with Crippen LogP contribution in [0.25, 0.3) is 11.1 Å². The summed E-state index contributed by atoms with van der Waals surface area (Å²) in [5.74, 6) is -0.707. The van der Waals surface area contributed by atoms with Crippen molar-refractivity contribution in [1.29, 1.82) is 0 Å². The van der Waals surface area contributed by atoms with Crippen molar-refractivity contribution in [3.05, 3.63) is 120 Å². The van der Waals surface area contributed by atoms with Gasteiger partial charge in [0.1, 0.15) is 17.7 Å². The van der Waals surface area contributed by atoms with Gasteiger partial charge in [0.2, 0.25) is 0 Å². The normalized spacial score (nSPS) is 18.8. The average Bonchev–Trinajstić information content (AvgIpc) is 3.57. The molecule has 7 heteroatoms. The third-order valence-electron chi connectivity index (χ3n) is 7.20. The third kappa shape index (κ3) is 5.11. The highest BCUT2D eigenvalue weighted by Gasteiger charge is 2.57. The summed E-state index contributed by atoms with van der Waals surface area (Å²) < 4.78 is 17.0. The van der Waals surface area contributed by atoms with E-state index < -0.39 is 35.3 Å². The van der Waals surface area contributed by atoms with Gasteiger partial charge in [-0.15, -0.1) is 0 Å². The number of benzene rings is 3. The lowest BCUT2D eigenvalue weighted by atomic mass is 9.88. The first-order valence-electron chi connectivity index (χ1n) is 12.8. The molecule has 1 N–H and O–H groups in total. The van der Waals surface area contributed by atoms with E-state index in [1.807, 2.05) is 84.9 Å². The third-order valence-corrected chi connectivity index (χ3v) is 7.20. The van der Waals surface area contributed by atoms with Crippen molar-refractivity contribution >= 4 is 12.0 Å². The summed E-state index contributed by atoms with van der Waals surface area (Å²) in [5, 5.41) is 11.4. The van der Waals surface area contributed by atoms with Crippen LogP contribution in [0, 0.1) is 0 Å². The maximum absolute atomic E-state index is 14.3. The molecule has 2 amide bonds. The minimum absolute atomic E-state index is 0.0223. The molecule has 0 saturated carbocycles. The van der Waals surface area contributed by atoms with Crippen molar-refractivity contribution in [1.82, 2.24) is 4.90 Å². The molecule has 1 saturated heterocycles. The second-order valence-corrected chi connectivity index (χ2v) is 10.4. The predicted octanol–water partition coefficient (Wildman–Crippen LogP) is 6.45. The van der Waals surface area contributed by atoms with Gasteiger partial charge in [0.25, 0.3) is 5.91 Å². The van der Waals surface area contributed by atoms with E-state index in [1.54, 1.807) is 19.9 Å². The van der Waals surface area contributed by atoms with E-state index in [2.05, 4.69) is 0 Å². The Morgan fingerprint density at radius 3 is 2.21 bits per heavy atom. The molecular weight excluding hydrogens is 494 g/mol. The molecule has 0 aliphatic carbocycles. The molecule has 200 valence electrons. The molecule has 3 atom stereocenters. The number of hydrogen-bond acceptors (Lipinski definition) is 6. The van der Waals surface area contributed by atoms with Crippen LogP contribution in [0.4, 0.5) is 4.79 Å². The fourth-order valence-electron chi connectivity index (χ4n) is 5.03. The maximum Gasteiger partial charge on any atom is 0.417 e. The molecule has 7 nitrogen and oxygen atoms in total. The second kappa shape index (κ2) is 10.5. The Balaban J connectivity index is 1.46. The molecule has 2 heterocycles. The molecule has 1 aromatic heterocycles. The molecule has 1 aliphatic heterocycles. The van der Waals surface area contributed by atoms with Gasteiger partial charge in [-0.05, 0) is 49.1 Å². The lowest BCUT2D eigenvalue weighted by molar-refractivity contribution is -0.175. The number of carbonyl (C=O) groups excluding carboxylic acids is 2. The maximum atomic E-state index is 14.3. The summed E-state index contributed by atoms with van der Waals surface area (Å²) in [6.45, 7) is 5.03. The minimum atomic E-state index is -1.84. The number of carbonyl (C=O) groups is 2. The number of hydrogen-bond donors (Lipinski definition) is 1. The summed E-state index contributed by atoms with van der Waals surface area (Å²) in [5.41, 5.74) is 1.19. The smallest absolute Gasteiger partial charge is 0.417 e. The van der Waals surface area contributed by atoms with Crippen LogP contribution in [0.2, 0.25) is 0 Å². The lowest BCUT2D eigenvalue weighted by Crippen LogP contribution is -2.54. The average molecular weight is 526 g/mol. The van der Waals surface area contributed by atoms with Gasteiger partial charge in [-0.1, -0.05) is 84.9 Å². The standard InChI is InChI=1S/C32H31NO6/c1-31(2)27(25-12-8-5-9-13-25)33(30(36)39-31)29(35)32(3,28(34)26-18-19-37-21-26)38-20-22-14-16-24(17-15-22)23-10-6-4-7-11-23/h4-19,21,27-28,34H,20H2,1-3H3/t27-,28-,32-/m0/s1. The van der Waals surface area contributed by atoms with Crippen molar-refractivity contribution < 1.29 is 28.6 Å². The van der Waals surface area contributed by atoms with Crippen LogP contribution >= 0.6 is 0 Å². The molecule has 5 rings (SSSR count). The molecule has 1 aliphatic rings. The number of aliphatic hydroxyl groups excluding tert-OH is 1. The van der Waals surface area contributed by atoms with E-state index in [4.69, 9.17) is 13.9 Å². The van der Waals surface area contributed by atoms with Crippen LogP contribution in [0.5, 0.6) is 0 Å². The first kappa shape index (κ1) is 26.4. The van der Waals surface area contributed by atoms with Crippen molar-refractivity contribution in [2.45, 2.75) is 50.7 Å². The van der Waals surface area contributed by atoms with Crippen molar-refractivity contribution in [2.24, 2.45) is 0 Å². The number of imide groups is 1. The Morgan fingerprint density at radius 1 is 0.974 bits per heavy atom. The van der Waals surface area contributed by atoms with Crippen LogP contribution < -0.4 is 0 Å². The molecule has 0 radical (unpaired) electrons. The number of ether oxygens (including phenoxy) is 2. The van der Waals surface area contributed by atoms with Crippen LogP contribution in [0.1, 0.15) is 49.6 Å². The topological polar surface area (TPSA) is 89.2 Å². The number of rotatable bonds is 8. The van der Waals surface area contributed by atoms with E-state index >= 15 is 0 Å². The van der Waals surface area contributed by atoms with Gasteiger partial charge in [-0.25, -0.2) is 9.69 Å². The van der Waals surface area contributed by atoms with Crippen molar-refractivity contribution in [3.63, 3.8) is 0 Å². The molecule has 0 bridgehead atoms. The molecule has 1 fully saturated rings. The molecule has 0 unspecified atom stereocenters. The Morgan fingerprint density at radius 2 is 1.59 bits per heavy atom. The van der Waals surface area contributed by atoms with Gasteiger partial charge < -0.3 is 19.0 Å². The van der Waals surface area contributed by atoms with Gasteiger partial charge >= 0.3 is 6.09 Å². The molecular formula is C32H31NO6. The number of amides is 2. The zero-order valence-corrected chi connectivity index (χ0v) is 22.1. The lowest BCUT2D eigenvalue weighted by Gasteiger charge is -2.37. The molecule has 39 heavy (non-hydrogen) atoms. The predicted molar refractivity (Wildman–Crippen MR) is 145 cm³/mol. The highest BCUT2D eigenvalue weighted by molar-refractivity contribution is 5.99. The van der Waals surface area contributed by atoms with Gasteiger partial charge in [0.15, 0.2) is 5.60 Å². The SMILES string of the molecule is CC1(C)OC(=O)N(C(=O)[C@@](C)(OCc2ccc(-c3ccccc3)cc2)[C@@H](O)c2ccoc2)[C@H]1c1ccccc1. The minimum Gasteiger partial charge on any atom is -0.472 e. The van der Waals surface area contributed by atoms with Crippen LogP contribution in [-0.4, -0.2) is 33.2 Å². The van der Waals surface area contributed by atoms with E-state index in [0.29, 0.717) is 5.56 Å². The number of aliphatic hydroxyl groups is 1. The molecule has 0 spiro atoms. The number of furan rings is 1.